The molecule has 0 bridgehead atoms. The van der Waals surface area contributed by atoms with Gasteiger partial charge < -0.3 is 5.32 Å². The summed E-state index contributed by atoms with van der Waals surface area (Å²) in [4.78, 5) is 14.4. The SMILES string of the molecule is CNc1nc(=O)[nH]n1C(C)C. The fourth-order valence-electron chi connectivity index (χ4n) is 0.881. The molecule has 5 nitrogen and oxygen atoms in total. The third-order valence-electron chi connectivity index (χ3n) is 1.39. The van der Waals surface area contributed by atoms with Gasteiger partial charge in [0.15, 0.2) is 0 Å². The summed E-state index contributed by atoms with van der Waals surface area (Å²) in [5, 5.41) is 5.40. The van der Waals surface area contributed by atoms with Crippen molar-refractivity contribution in [2.45, 2.75) is 19.9 Å². The maximum atomic E-state index is 10.7. The van der Waals surface area contributed by atoms with Crippen LogP contribution in [0.5, 0.6) is 0 Å². The van der Waals surface area contributed by atoms with Gasteiger partial charge in [0.2, 0.25) is 5.95 Å². The van der Waals surface area contributed by atoms with Gasteiger partial charge in [-0.25, -0.2) is 14.6 Å². The van der Waals surface area contributed by atoms with Crippen LogP contribution in [0.3, 0.4) is 0 Å². The van der Waals surface area contributed by atoms with E-state index in [-0.39, 0.29) is 11.7 Å². The molecule has 0 atom stereocenters. The number of hydrogen-bond acceptors (Lipinski definition) is 3. The van der Waals surface area contributed by atoms with Gasteiger partial charge in [0.25, 0.3) is 0 Å². The van der Waals surface area contributed by atoms with Gasteiger partial charge in [-0.1, -0.05) is 0 Å². The highest BCUT2D eigenvalue weighted by molar-refractivity contribution is 5.21. The number of rotatable bonds is 2. The quantitative estimate of drug-likeness (QED) is 0.642. The number of aromatic nitrogens is 3. The van der Waals surface area contributed by atoms with Crippen LogP contribution in [0, 0.1) is 0 Å². The Morgan fingerprint density at radius 3 is 2.64 bits per heavy atom. The molecule has 5 heteroatoms. The molecule has 11 heavy (non-hydrogen) atoms. The molecular formula is C6H12N4O. The first-order valence-electron chi connectivity index (χ1n) is 3.51. The lowest BCUT2D eigenvalue weighted by molar-refractivity contribution is 0.534. The minimum atomic E-state index is -0.317. The topological polar surface area (TPSA) is 62.7 Å². The first kappa shape index (κ1) is 7.84. The Morgan fingerprint density at radius 1 is 1.64 bits per heavy atom. The highest BCUT2D eigenvalue weighted by atomic mass is 16.1. The van der Waals surface area contributed by atoms with Gasteiger partial charge in [-0.3, -0.25) is 0 Å². The largest absolute Gasteiger partial charge is 0.363 e. The molecule has 1 rings (SSSR count). The van der Waals surface area contributed by atoms with Crippen molar-refractivity contribution in [3.63, 3.8) is 0 Å². The van der Waals surface area contributed by atoms with Gasteiger partial charge in [0, 0.05) is 13.1 Å². The van der Waals surface area contributed by atoms with Crippen LogP contribution in [0.2, 0.25) is 0 Å². The van der Waals surface area contributed by atoms with E-state index in [1.165, 1.54) is 0 Å². The number of aromatic amines is 1. The van der Waals surface area contributed by atoms with Crippen molar-refractivity contribution in [1.29, 1.82) is 0 Å². The number of nitrogens with zero attached hydrogens (tertiary/aromatic N) is 2. The molecule has 62 valence electrons. The zero-order valence-electron chi connectivity index (χ0n) is 6.88. The van der Waals surface area contributed by atoms with Crippen LogP contribution < -0.4 is 11.0 Å². The smallest absolute Gasteiger partial charge is 0.357 e. The Morgan fingerprint density at radius 2 is 2.27 bits per heavy atom. The highest BCUT2D eigenvalue weighted by Gasteiger charge is 2.05. The predicted octanol–water partition coefficient (Wildman–Crippen LogP) is 0.194. The monoisotopic (exact) mass is 156 g/mol. The van der Waals surface area contributed by atoms with E-state index in [2.05, 4.69) is 15.4 Å². The van der Waals surface area contributed by atoms with Crippen molar-refractivity contribution < 1.29 is 0 Å². The molecule has 0 aliphatic rings. The average Bonchev–Trinajstić information content (AvgIpc) is 2.30. The Labute approximate surface area is 64.4 Å². The summed E-state index contributed by atoms with van der Waals surface area (Å²) in [6.07, 6.45) is 0. The highest BCUT2D eigenvalue weighted by Crippen LogP contribution is 2.05. The lowest BCUT2D eigenvalue weighted by Gasteiger charge is -2.08. The fourth-order valence-corrected chi connectivity index (χ4v) is 0.881. The van der Waals surface area contributed by atoms with Crippen LogP contribution in [0.25, 0.3) is 0 Å². The van der Waals surface area contributed by atoms with Gasteiger partial charge in [-0.15, -0.1) is 0 Å². The van der Waals surface area contributed by atoms with Crippen LogP contribution in [0.1, 0.15) is 19.9 Å². The van der Waals surface area contributed by atoms with Crippen LogP contribution in [0.4, 0.5) is 5.95 Å². The fraction of sp³-hybridized carbons (Fsp3) is 0.667. The molecule has 0 amide bonds. The molecule has 1 heterocycles. The second kappa shape index (κ2) is 2.77. The Bertz CT molecular complexity index is 285. The van der Waals surface area contributed by atoms with Crippen molar-refractivity contribution in [1.82, 2.24) is 14.8 Å². The van der Waals surface area contributed by atoms with Crippen molar-refractivity contribution in [3.05, 3.63) is 10.5 Å². The molecule has 2 N–H and O–H groups in total. The van der Waals surface area contributed by atoms with E-state index in [4.69, 9.17) is 0 Å². The van der Waals surface area contributed by atoms with Crippen molar-refractivity contribution in [3.8, 4) is 0 Å². The zero-order valence-corrected chi connectivity index (χ0v) is 6.88. The second-order valence-electron chi connectivity index (χ2n) is 2.57. The maximum Gasteiger partial charge on any atom is 0.363 e. The number of hydrogen-bond donors (Lipinski definition) is 2. The van der Waals surface area contributed by atoms with E-state index in [0.717, 1.165) is 0 Å². The Balaban J connectivity index is 3.12. The molecule has 0 aliphatic carbocycles. The average molecular weight is 156 g/mol. The number of anilines is 1. The van der Waals surface area contributed by atoms with Crippen LogP contribution >= 0.6 is 0 Å². The van der Waals surface area contributed by atoms with Crippen molar-refractivity contribution in [2.24, 2.45) is 0 Å². The van der Waals surface area contributed by atoms with Gasteiger partial charge >= 0.3 is 5.69 Å². The normalized spacial score (nSPS) is 10.5. The molecule has 0 aliphatic heterocycles. The van der Waals surface area contributed by atoms with E-state index in [1.807, 2.05) is 13.8 Å². The third kappa shape index (κ3) is 1.42. The second-order valence-corrected chi connectivity index (χ2v) is 2.57. The molecule has 0 aromatic carbocycles. The van der Waals surface area contributed by atoms with Gasteiger partial charge in [0.1, 0.15) is 0 Å². The zero-order chi connectivity index (χ0) is 8.43. The Hall–Kier alpha value is -1.26. The van der Waals surface area contributed by atoms with Gasteiger partial charge in [-0.05, 0) is 13.8 Å². The summed E-state index contributed by atoms with van der Waals surface area (Å²) in [5.41, 5.74) is -0.317. The number of nitrogens with one attached hydrogen (secondary N) is 2. The van der Waals surface area contributed by atoms with Gasteiger partial charge in [0.05, 0.1) is 0 Å². The molecule has 1 aromatic heterocycles. The lowest BCUT2D eigenvalue weighted by Crippen LogP contribution is -2.09. The molecule has 1 aromatic rings. The van der Waals surface area contributed by atoms with Crippen molar-refractivity contribution >= 4 is 5.95 Å². The lowest BCUT2D eigenvalue weighted by atomic mass is 10.4. The summed E-state index contributed by atoms with van der Waals surface area (Å²) >= 11 is 0. The number of H-pyrrole nitrogens is 1. The van der Waals surface area contributed by atoms with Crippen LogP contribution in [-0.2, 0) is 0 Å². The van der Waals surface area contributed by atoms with E-state index in [0.29, 0.717) is 5.95 Å². The summed E-state index contributed by atoms with van der Waals surface area (Å²) in [6.45, 7) is 3.94. The molecular weight excluding hydrogens is 144 g/mol. The molecule has 0 radical (unpaired) electrons. The van der Waals surface area contributed by atoms with Crippen molar-refractivity contribution in [2.75, 3.05) is 12.4 Å². The van der Waals surface area contributed by atoms with E-state index >= 15 is 0 Å². The van der Waals surface area contributed by atoms with Crippen LogP contribution in [0.15, 0.2) is 4.79 Å². The Kier molecular flexibility index (Phi) is 1.98. The first-order chi connectivity index (χ1) is 5.15. The molecule has 0 saturated heterocycles. The molecule has 0 saturated carbocycles. The molecule has 0 fully saturated rings. The van der Waals surface area contributed by atoms with E-state index in [1.54, 1.807) is 11.7 Å². The minimum Gasteiger partial charge on any atom is -0.357 e. The summed E-state index contributed by atoms with van der Waals surface area (Å²) in [7, 11) is 1.73. The van der Waals surface area contributed by atoms with Crippen LogP contribution in [-0.4, -0.2) is 21.8 Å². The first-order valence-corrected chi connectivity index (χ1v) is 3.51. The standard InChI is InChI=1S/C6H12N4O/c1-4(2)10-5(7-3)8-6(11)9-10/h4H,1-3H3,(H2,7,8,9,11). The van der Waals surface area contributed by atoms with E-state index in [9.17, 15) is 4.79 Å². The molecule has 0 unspecified atom stereocenters. The summed E-state index contributed by atoms with van der Waals surface area (Å²) in [5.74, 6) is 0.574. The molecule has 0 spiro atoms. The maximum absolute atomic E-state index is 10.7. The third-order valence-corrected chi connectivity index (χ3v) is 1.39. The summed E-state index contributed by atoms with van der Waals surface area (Å²) < 4.78 is 1.68. The van der Waals surface area contributed by atoms with E-state index < -0.39 is 0 Å². The summed E-state index contributed by atoms with van der Waals surface area (Å²) in [6, 6.07) is 0.215. The minimum absolute atomic E-state index is 0.215. The predicted molar refractivity (Wildman–Crippen MR) is 42.8 cm³/mol. The van der Waals surface area contributed by atoms with Gasteiger partial charge in [-0.2, -0.15) is 4.98 Å².